The van der Waals surface area contributed by atoms with E-state index >= 15 is 0 Å². The van der Waals surface area contributed by atoms with Gasteiger partial charge >= 0.3 is 5.97 Å². The fourth-order valence-electron chi connectivity index (χ4n) is 2.45. The summed E-state index contributed by atoms with van der Waals surface area (Å²) >= 11 is 6.39. The van der Waals surface area contributed by atoms with Crippen molar-refractivity contribution in [3.63, 3.8) is 0 Å². The minimum Gasteiger partial charge on any atom is -0.480 e. The van der Waals surface area contributed by atoms with Gasteiger partial charge in [-0.1, -0.05) is 73.7 Å². The third kappa shape index (κ3) is 4.33. The van der Waals surface area contributed by atoms with Crippen molar-refractivity contribution in [2.24, 2.45) is 0 Å². The molecule has 1 N–H and O–H groups in total. The Balaban J connectivity index is 2.24. The average molecular weight is 361 g/mol. The van der Waals surface area contributed by atoms with E-state index in [2.05, 4.69) is 0 Å². The van der Waals surface area contributed by atoms with E-state index in [1.807, 2.05) is 50.3 Å². The molecule has 1 aliphatic rings. The Labute approximate surface area is 151 Å². The predicted molar refractivity (Wildman–Crippen MR) is 102 cm³/mol. The summed E-state index contributed by atoms with van der Waals surface area (Å²) in [5.41, 5.74) is 1.94. The minimum absolute atomic E-state index is 0.305. The molecule has 1 amide bonds. The van der Waals surface area contributed by atoms with Crippen LogP contribution in [0.15, 0.2) is 46.9 Å². The molecule has 24 heavy (non-hydrogen) atoms. The molecule has 0 aromatic heterocycles. The highest BCUT2D eigenvalue weighted by molar-refractivity contribution is 8.26. The van der Waals surface area contributed by atoms with Gasteiger partial charge in [0.15, 0.2) is 0 Å². The normalized spacial score (nSPS) is 18.3. The lowest BCUT2D eigenvalue weighted by atomic mass is 10.1. The maximum Gasteiger partial charge on any atom is 0.326 e. The topological polar surface area (TPSA) is 57.6 Å². The number of thiocarbonyl (C=S) groups is 1. The Kier molecular flexibility index (Phi) is 6.34. The molecule has 4 nitrogen and oxygen atoms in total. The highest BCUT2D eigenvalue weighted by Gasteiger charge is 2.39. The maximum absolute atomic E-state index is 12.6. The zero-order valence-electron chi connectivity index (χ0n) is 13.6. The Bertz CT molecular complexity index is 710. The van der Waals surface area contributed by atoms with E-state index < -0.39 is 12.0 Å². The SMILES string of the molecule is CCCC(C(=O)O)N1C(=O)/C(=C/C(C)=C/c2ccccc2)SC1=S. The number of carboxylic acid groups (broad SMARTS) is 1. The van der Waals surface area contributed by atoms with E-state index in [0.717, 1.165) is 22.9 Å². The van der Waals surface area contributed by atoms with E-state index in [9.17, 15) is 14.7 Å². The molecule has 1 heterocycles. The van der Waals surface area contributed by atoms with Crippen LogP contribution in [0.4, 0.5) is 0 Å². The number of aliphatic carboxylic acids is 1. The van der Waals surface area contributed by atoms with Crippen LogP contribution in [0.5, 0.6) is 0 Å². The molecule has 0 aliphatic carbocycles. The van der Waals surface area contributed by atoms with Gasteiger partial charge in [-0.3, -0.25) is 9.69 Å². The third-order valence-electron chi connectivity index (χ3n) is 3.54. The second-order valence-electron chi connectivity index (χ2n) is 5.49. The molecule has 1 saturated heterocycles. The van der Waals surface area contributed by atoms with E-state index in [-0.39, 0.29) is 5.91 Å². The number of benzene rings is 1. The number of carbonyl (C=O) groups excluding carboxylic acids is 1. The van der Waals surface area contributed by atoms with E-state index in [1.165, 1.54) is 4.90 Å². The average Bonchev–Trinajstić information content (AvgIpc) is 2.80. The van der Waals surface area contributed by atoms with Crippen molar-refractivity contribution in [2.75, 3.05) is 0 Å². The third-order valence-corrected chi connectivity index (χ3v) is 4.87. The summed E-state index contributed by atoms with van der Waals surface area (Å²) in [5.74, 6) is -1.35. The molecule has 1 atom stereocenters. The quantitative estimate of drug-likeness (QED) is 0.611. The number of hydrogen-bond donors (Lipinski definition) is 1. The van der Waals surface area contributed by atoms with Crippen LogP contribution in [-0.4, -0.2) is 32.2 Å². The number of nitrogens with zero attached hydrogens (tertiary/aromatic N) is 1. The molecule has 1 aromatic carbocycles. The van der Waals surface area contributed by atoms with Crippen molar-refractivity contribution in [1.82, 2.24) is 4.90 Å². The summed E-state index contributed by atoms with van der Waals surface area (Å²) in [6.45, 7) is 3.79. The molecular formula is C18H19NO3S2. The van der Waals surface area contributed by atoms with Gasteiger partial charge in [0.05, 0.1) is 4.91 Å². The standard InChI is InChI=1S/C18H19NO3S2/c1-3-7-14(17(21)22)19-16(20)15(24-18(19)23)11-12(2)10-13-8-5-4-6-9-13/h4-6,8-11,14H,3,7H2,1-2H3,(H,21,22)/b12-10+,15-11-. The lowest BCUT2D eigenvalue weighted by molar-refractivity contribution is -0.145. The summed E-state index contributed by atoms with van der Waals surface area (Å²) in [6, 6.07) is 8.89. The van der Waals surface area contributed by atoms with Crippen molar-refractivity contribution in [1.29, 1.82) is 0 Å². The van der Waals surface area contributed by atoms with Crippen molar-refractivity contribution in [3.8, 4) is 0 Å². The van der Waals surface area contributed by atoms with E-state index in [0.29, 0.717) is 22.1 Å². The first-order chi connectivity index (χ1) is 11.4. The first-order valence-corrected chi connectivity index (χ1v) is 8.89. The zero-order chi connectivity index (χ0) is 17.7. The van der Waals surface area contributed by atoms with Gasteiger partial charge in [0.1, 0.15) is 10.4 Å². The smallest absolute Gasteiger partial charge is 0.326 e. The van der Waals surface area contributed by atoms with Crippen LogP contribution in [0.3, 0.4) is 0 Å². The molecule has 1 fully saturated rings. The van der Waals surface area contributed by atoms with Crippen LogP contribution in [0.25, 0.3) is 6.08 Å². The van der Waals surface area contributed by atoms with Gasteiger partial charge in [0.25, 0.3) is 5.91 Å². The minimum atomic E-state index is -1.02. The number of thioether (sulfide) groups is 1. The number of carboxylic acids is 1. The molecule has 126 valence electrons. The monoisotopic (exact) mass is 361 g/mol. The lowest BCUT2D eigenvalue weighted by Gasteiger charge is -2.22. The second-order valence-corrected chi connectivity index (χ2v) is 7.17. The molecule has 2 rings (SSSR count). The summed E-state index contributed by atoms with van der Waals surface area (Å²) < 4.78 is 0.305. The number of carbonyl (C=O) groups is 2. The Morgan fingerprint density at radius 1 is 1.38 bits per heavy atom. The van der Waals surface area contributed by atoms with Crippen LogP contribution in [-0.2, 0) is 9.59 Å². The Morgan fingerprint density at radius 3 is 2.62 bits per heavy atom. The highest BCUT2D eigenvalue weighted by atomic mass is 32.2. The first kappa shape index (κ1) is 18.4. The molecule has 0 bridgehead atoms. The number of hydrogen-bond acceptors (Lipinski definition) is 4. The van der Waals surface area contributed by atoms with Crippen LogP contribution >= 0.6 is 24.0 Å². The molecule has 1 aliphatic heterocycles. The van der Waals surface area contributed by atoms with Crippen LogP contribution < -0.4 is 0 Å². The van der Waals surface area contributed by atoms with Gasteiger partial charge in [-0.15, -0.1) is 0 Å². The predicted octanol–water partition coefficient (Wildman–Crippen LogP) is 4.09. The summed E-state index contributed by atoms with van der Waals surface area (Å²) in [4.78, 5) is 25.7. The highest BCUT2D eigenvalue weighted by Crippen LogP contribution is 2.34. The van der Waals surface area contributed by atoms with Gasteiger partial charge in [-0.25, -0.2) is 4.79 Å². The molecule has 1 aromatic rings. The fraction of sp³-hybridized carbons (Fsp3) is 0.278. The van der Waals surface area contributed by atoms with Crippen LogP contribution in [0.2, 0.25) is 0 Å². The van der Waals surface area contributed by atoms with Gasteiger partial charge in [0, 0.05) is 0 Å². The van der Waals surface area contributed by atoms with Gasteiger partial charge in [-0.05, 0) is 30.6 Å². The zero-order valence-corrected chi connectivity index (χ0v) is 15.2. The number of rotatable bonds is 6. The molecular weight excluding hydrogens is 342 g/mol. The number of allylic oxidation sites excluding steroid dienone is 2. The van der Waals surface area contributed by atoms with Gasteiger partial charge < -0.3 is 5.11 Å². The largest absolute Gasteiger partial charge is 0.480 e. The van der Waals surface area contributed by atoms with Gasteiger partial charge in [0.2, 0.25) is 0 Å². The van der Waals surface area contributed by atoms with E-state index in [1.54, 1.807) is 6.08 Å². The van der Waals surface area contributed by atoms with Crippen molar-refractivity contribution in [3.05, 3.63) is 52.4 Å². The summed E-state index contributed by atoms with van der Waals surface area (Å²) in [6.07, 6.45) is 4.78. The molecule has 6 heteroatoms. The first-order valence-electron chi connectivity index (χ1n) is 7.67. The van der Waals surface area contributed by atoms with E-state index in [4.69, 9.17) is 12.2 Å². The van der Waals surface area contributed by atoms with Gasteiger partial charge in [-0.2, -0.15) is 0 Å². The Hall–Kier alpha value is -1.92. The second kappa shape index (κ2) is 8.26. The van der Waals surface area contributed by atoms with Crippen LogP contribution in [0.1, 0.15) is 32.3 Å². The lowest BCUT2D eigenvalue weighted by Crippen LogP contribution is -2.43. The Morgan fingerprint density at radius 2 is 2.04 bits per heavy atom. The van der Waals surface area contributed by atoms with Crippen molar-refractivity contribution in [2.45, 2.75) is 32.7 Å². The van der Waals surface area contributed by atoms with Crippen LogP contribution in [0, 0.1) is 0 Å². The number of amides is 1. The molecule has 0 radical (unpaired) electrons. The summed E-state index contributed by atoms with van der Waals surface area (Å²) in [5, 5.41) is 9.37. The maximum atomic E-state index is 12.6. The fourth-order valence-corrected chi connectivity index (χ4v) is 3.85. The summed E-state index contributed by atoms with van der Waals surface area (Å²) in [7, 11) is 0. The van der Waals surface area contributed by atoms with Crippen molar-refractivity contribution >= 4 is 46.3 Å². The van der Waals surface area contributed by atoms with Crippen molar-refractivity contribution < 1.29 is 14.7 Å². The molecule has 1 unspecified atom stereocenters. The molecule has 0 spiro atoms. The molecule has 0 saturated carbocycles.